The van der Waals surface area contributed by atoms with Crippen LogP contribution in [0.15, 0.2) is 42.5 Å². The van der Waals surface area contributed by atoms with Gasteiger partial charge in [-0.05, 0) is 35.9 Å². The number of nitrogens with one attached hydrogen (secondary N) is 1. The van der Waals surface area contributed by atoms with Crippen molar-refractivity contribution in [1.29, 1.82) is 0 Å². The number of methoxy groups -OCH3 is 1. The molecule has 0 aliphatic heterocycles. The molecule has 2 aromatic rings. The molecule has 0 unspecified atom stereocenters. The Morgan fingerprint density at radius 3 is 2.70 bits per heavy atom. The zero-order chi connectivity index (χ0) is 14.5. The van der Waals surface area contributed by atoms with Crippen LogP contribution < -0.4 is 11.1 Å². The molecular weight excluding hydrogens is 256 g/mol. The van der Waals surface area contributed by atoms with E-state index < -0.39 is 5.97 Å². The van der Waals surface area contributed by atoms with E-state index in [4.69, 9.17) is 15.6 Å². The van der Waals surface area contributed by atoms with E-state index in [0.717, 1.165) is 11.3 Å². The van der Waals surface area contributed by atoms with Crippen molar-refractivity contribution < 1.29 is 14.6 Å². The molecule has 20 heavy (non-hydrogen) atoms. The van der Waals surface area contributed by atoms with E-state index in [-0.39, 0.29) is 11.3 Å². The molecule has 0 amide bonds. The number of aromatic carboxylic acids is 1. The number of hydrogen-bond acceptors (Lipinski definition) is 4. The van der Waals surface area contributed by atoms with Crippen LogP contribution in [-0.4, -0.2) is 18.2 Å². The highest BCUT2D eigenvalue weighted by Crippen LogP contribution is 2.22. The fourth-order valence-electron chi connectivity index (χ4n) is 1.89. The fraction of sp³-hybridized carbons (Fsp3) is 0.133. The Bertz CT molecular complexity index is 626. The molecule has 0 saturated carbocycles. The molecule has 0 spiro atoms. The normalized spacial score (nSPS) is 10.2. The Balaban J connectivity index is 2.23. The van der Waals surface area contributed by atoms with Gasteiger partial charge in [-0.25, -0.2) is 4.79 Å². The van der Waals surface area contributed by atoms with Gasteiger partial charge in [0.15, 0.2) is 0 Å². The Morgan fingerprint density at radius 2 is 2.00 bits per heavy atom. The molecule has 0 fully saturated rings. The van der Waals surface area contributed by atoms with E-state index >= 15 is 0 Å². The van der Waals surface area contributed by atoms with Crippen molar-refractivity contribution in [3.63, 3.8) is 0 Å². The minimum absolute atomic E-state index is 0.0862. The van der Waals surface area contributed by atoms with Crippen LogP contribution >= 0.6 is 0 Å². The molecular formula is C15H16N2O3. The Hall–Kier alpha value is -2.53. The van der Waals surface area contributed by atoms with Gasteiger partial charge in [0.05, 0.1) is 12.2 Å². The lowest BCUT2D eigenvalue weighted by molar-refractivity contribution is 0.0698. The Labute approximate surface area is 117 Å². The van der Waals surface area contributed by atoms with Gasteiger partial charge >= 0.3 is 5.97 Å². The second-order valence-electron chi connectivity index (χ2n) is 4.37. The van der Waals surface area contributed by atoms with E-state index in [1.807, 2.05) is 24.3 Å². The van der Waals surface area contributed by atoms with Crippen LogP contribution in [0.1, 0.15) is 15.9 Å². The topological polar surface area (TPSA) is 84.6 Å². The molecule has 5 heteroatoms. The summed E-state index contributed by atoms with van der Waals surface area (Å²) in [5.41, 5.74) is 8.52. The molecule has 0 atom stereocenters. The number of ether oxygens (including phenoxy) is 1. The summed E-state index contributed by atoms with van der Waals surface area (Å²) >= 11 is 0. The monoisotopic (exact) mass is 272 g/mol. The molecule has 104 valence electrons. The third kappa shape index (κ3) is 3.27. The van der Waals surface area contributed by atoms with Crippen LogP contribution in [0.2, 0.25) is 0 Å². The van der Waals surface area contributed by atoms with Crippen LogP contribution in [0, 0.1) is 0 Å². The molecule has 0 heterocycles. The number of benzene rings is 2. The molecule has 0 aliphatic carbocycles. The van der Waals surface area contributed by atoms with Crippen molar-refractivity contribution in [3.05, 3.63) is 53.6 Å². The number of carboxylic acids is 1. The van der Waals surface area contributed by atoms with Gasteiger partial charge in [0.1, 0.15) is 0 Å². The van der Waals surface area contributed by atoms with Crippen molar-refractivity contribution in [1.82, 2.24) is 0 Å². The highest BCUT2D eigenvalue weighted by Gasteiger charge is 2.08. The number of nitrogen functional groups attached to an aromatic ring is 1. The summed E-state index contributed by atoms with van der Waals surface area (Å²) in [5.74, 6) is -1.04. The highest BCUT2D eigenvalue weighted by molar-refractivity contribution is 5.95. The lowest BCUT2D eigenvalue weighted by atomic mass is 10.1. The summed E-state index contributed by atoms with van der Waals surface area (Å²) in [5, 5.41) is 12.2. The van der Waals surface area contributed by atoms with E-state index in [2.05, 4.69) is 5.32 Å². The fourth-order valence-corrected chi connectivity index (χ4v) is 1.89. The standard InChI is InChI=1S/C15H16N2O3/c1-20-9-10-3-2-4-11(7-10)17-12-5-6-14(16)13(8-12)15(18)19/h2-8,17H,9,16H2,1H3,(H,18,19). The number of hydrogen-bond donors (Lipinski definition) is 3. The van der Waals surface area contributed by atoms with Gasteiger partial charge in [-0.2, -0.15) is 0 Å². The maximum absolute atomic E-state index is 11.0. The second-order valence-corrected chi connectivity index (χ2v) is 4.37. The number of carbonyl (C=O) groups is 1. The van der Waals surface area contributed by atoms with Crippen molar-refractivity contribution in [2.24, 2.45) is 0 Å². The van der Waals surface area contributed by atoms with E-state index in [1.165, 1.54) is 6.07 Å². The van der Waals surface area contributed by atoms with E-state index in [9.17, 15) is 4.79 Å². The summed E-state index contributed by atoms with van der Waals surface area (Å²) in [6, 6.07) is 12.5. The third-order valence-corrected chi connectivity index (χ3v) is 2.81. The van der Waals surface area contributed by atoms with Crippen LogP contribution in [0.5, 0.6) is 0 Å². The Morgan fingerprint density at radius 1 is 1.25 bits per heavy atom. The Kier molecular flexibility index (Phi) is 4.22. The lowest BCUT2D eigenvalue weighted by Gasteiger charge is -2.10. The molecule has 5 nitrogen and oxygen atoms in total. The molecule has 0 saturated heterocycles. The zero-order valence-electron chi connectivity index (χ0n) is 11.1. The summed E-state index contributed by atoms with van der Waals surface area (Å²) in [6.07, 6.45) is 0. The van der Waals surface area contributed by atoms with Gasteiger partial charge in [-0.15, -0.1) is 0 Å². The minimum Gasteiger partial charge on any atom is -0.478 e. The number of anilines is 3. The van der Waals surface area contributed by atoms with Gasteiger partial charge < -0.3 is 20.9 Å². The molecule has 0 aromatic heterocycles. The van der Waals surface area contributed by atoms with Gasteiger partial charge in [0, 0.05) is 24.2 Å². The summed E-state index contributed by atoms with van der Waals surface area (Å²) < 4.78 is 5.08. The van der Waals surface area contributed by atoms with Gasteiger partial charge in [0.25, 0.3) is 0 Å². The molecule has 0 aliphatic rings. The molecule has 0 bridgehead atoms. The molecule has 2 rings (SSSR count). The summed E-state index contributed by atoms with van der Waals surface area (Å²) in [4.78, 5) is 11.0. The van der Waals surface area contributed by atoms with Crippen molar-refractivity contribution in [2.75, 3.05) is 18.2 Å². The number of carboxylic acid groups (broad SMARTS) is 1. The maximum atomic E-state index is 11.0. The molecule has 0 radical (unpaired) electrons. The predicted octanol–water partition coefficient (Wildman–Crippen LogP) is 2.86. The van der Waals surface area contributed by atoms with Crippen molar-refractivity contribution in [3.8, 4) is 0 Å². The van der Waals surface area contributed by atoms with Gasteiger partial charge in [-0.1, -0.05) is 12.1 Å². The number of nitrogens with two attached hydrogens (primary N) is 1. The van der Waals surface area contributed by atoms with Crippen LogP contribution in [0.25, 0.3) is 0 Å². The molecule has 4 N–H and O–H groups in total. The number of rotatable bonds is 5. The first-order valence-electron chi connectivity index (χ1n) is 6.08. The third-order valence-electron chi connectivity index (χ3n) is 2.81. The summed E-state index contributed by atoms with van der Waals surface area (Å²) in [6.45, 7) is 0.525. The van der Waals surface area contributed by atoms with Crippen LogP contribution in [0.3, 0.4) is 0 Å². The molecule has 2 aromatic carbocycles. The van der Waals surface area contributed by atoms with Gasteiger partial charge in [-0.3, -0.25) is 0 Å². The minimum atomic E-state index is -1.04. The maximum Gasteiger partial charge on any atom is 0.337 e. The van der Waals surface area contributed by atoms with E-state index in [0.29, 0.717) is 12.3 Å². The highest BCUT2D eigenvalue weighted by atomic mass is 16.5. The zero-order valence-corrected chi connectivity index (χ0v) is 11.1. The predicted molar refractivity (Wildman–Crippen MR) is 78.3 cm³/mol. The first-order valence-corrected chi connectivity index (χ1v) is 6.08. The summed E-state index contributed by atoms with van der Waals surface area (Å²) in [7, 11) is 1.64. The van der Waals surface area contributed by atoms with E-state index in [1.54, 1.807) is 19.2 Å². The smallest absolute Gasteiger partial charge is 0.337 e. The second kappa shape index (κ2) is 6.08. The first kappa shape index (κ1) is 13.9. The first-order chi connectivity index (χ1) is 9.60. The quantitative estimate of drug-likeness (QED) is 0.729. The van der Waals surface area contributed by atoms with Crippen molar-refractivity contribution in [2.45, 2.75) is 6.61 Å². The average Bonchev–Trinajstić information content (AvgIpc) is 2.41. The van der Waals surface area contributed by atoms with Crippen LogP contribution in [0.4, 0.5) is 17.1 Å². The largest absolute Gasteiger partial charge is 0.478 e. The van der Waals surface area contributed by atoms with Crippen molar-refractivity contribution >= 4 is 23.0 Å². The van der Waals surface area contributed by atoms with Gasteiger partial charge in [0.2, 0.25) is 0 Å². The SMILES string of the molecule is COCc1cccc(Nc2ccc(N)c(C(=O)O)c2)c1. The average molecular weight is 272 g/mol. The van der Waals surface area contributed by atoms with Crippen LogP contribution in [-0.2, 0) is 11.3 Å². The lowest BCUT2D eigenvalue weighted by Crippen LogP contribution is -2.03.